The van der Waals surface area contributed by atoms with E-state index in [0.717, 1.165) is 37.2 Å². The van der Waals surface area contributed by atoms with E-state index in [2.05, 4.69) is 25.7 Å². The van der Waals surface area contributed by atoms with E-state index in [9.17, 15) is 9.59 Å². The molecule has 1 fully saturated rings. The molecular formula is C26H30N2O3. The highest BCUT2D eigenvalue weighted by molar-refractivity contribution is 6.45. The summed E-state index contributed by atoms with van der Waals surface area (Å²) in [4.78, 5) is 30.8. The molecule has 2 atom stereocenters. The number of likely N-dealkylation sites (tertiary alicyclic amines) is 1. The molecule has 0 aromatic heterocycles. The number of aryl methyl sites for hydroxylation is 1. The third-order valence-corrected chi connectivity index (χ3v) is 6.23. The van der Waals surface area contributed by atoms with Crippen LogP contribution in [0.3, 0.4) is 0 Å². The molecule has 0 aliphatic carbocycles. The molecule has 2 unspecified atom stereocenters. The molecule has 5 heteroatoms. The van der Waals surface area contributed by atoms with Crippen molar-refractivity contribution in [1.29, 1.82) is 0 Å². The van der Waals surface area contributed by atoms with Gasteiger partial charge in [0.25, 0.3) is 11.8 Å². The zero-order valence-electron chi connectivity index (χ0n) is 18.7. The van der Waals surface area contributed by atoms with Crippen molar-refractivity contribution in [3.63, 3.8) is 0 Å². The third kappa shape index (κ3) is 3.97. The number of imide groups is 1. The van der Waals surface area contributed by atoms with Crippen LogP contribution in [-0.2, 0) is 16.0 Å². The van der Waals surface area contributed by atoms with E-state index in [1.54, 1.807) is 7.11 Å². The summed E-state index contributed by atoms with van der Waals surface area (Å²) in [5.41, 5.74) is 3.53. The Morgan fingerprint density at radius 1 is 0.903 bits per heavy atom. The van der Waals surface area contributed by atoms with Crippen molar-refractivity contribution in [2.45, 2.75) is 33.6 Å². The van der Waals surface area contributed by atoms with Crippen LogP contribution in [0.2, 0.25) is 0 Å². The van der Waals surface area contributed by atoms with Gasteiger partial charge >= 0.3 is 0 Å². The Balaban J connectivity index is 1.80. The molecule has 4 rings (SSSR count). The smallest absolute Gasteiger partial charge is 0.282 e. The number of rotatable bonds is 5. The van der Waals surface area contributed by atoms with Crippen molar-refractivity contribution in [3.05, 3.63) is 65.4 Å². The van der Waals surface area contributed by atoms with Crippen LogP contribution in [0.4, 0.5) is 5.69 Å². The van der Waals surface area contributed by atoms with Gasteiger partial charge in [-0.05, 0) is 60.1 Å². The van der Waals surface area contributed by atoms with Gasteiger partial charge in [0.15, 0.2) is 0 Å². The molecule has 2 heterocycles. The average molecular weight is 419 g/mol. The van der Waals surface area contributed by atoms with E-state index in [4.69, 9.17) is 4.74 Å². The largest absolute Gasteiger partial charge is 0.497 e. The maximum Gasteiger partial charge on any atom is 0.282 e. The normalized spacial score (nSPS) is 21.8. The first kappa shape index (κ1) is 21.2. The van der Waals surface area contributed by atoms with Crippen molar-refractivity contribution >= 4 is 23.1 Å². The van der Waals surface area contributed by atoms with Crippen LogP contribution in [0.5, 0.6) is 5.75 Å². The summed E-state index contributed by atoms with van der Waals surface area (Å²) in [6, 6.07) is 15.1. The quantitative estimate of drug-likeness (QED) is 0.670. The number of benzene rings is 2. The number of methoxy groups -OCH3 is 1. The molecule has 0 N–H and O–H groups in total. The van der Waals surface area contributed by atoms with Crippen molar-refractivity contribution in [3.8, 4) is 5.75 Å². The van der Waals surface area contributed by atoms with Gasteiger partial charge in [-0.25, -0.2) is 4.90 Å². The minimum atomic E-state index is -0.264. The van der Waals surface area contributed by atoms with Gasteiger partial charge in [-0.2, -0.15) is 0 Å². The lowest BCUT2D eigenvalue weighted by molar-refractivity contribution is -0.120. The minimum Gasteiger partial charge on any atom is -0.497 e. The van der Waals surface area contributed by atoms with E-state index in [-0.39, 0.29) is 11.8 Å². The molecule has 31 heavy (non-hydrogen) atoms. The summed E-state index contributed by atoms with van der Waals surface area (Å²) in [5.74, 6) is 1.15. The first-order chi connectivity index (χ1) is 14.9. The molecule has 0 saturated carbocycles. The first-order valence-electron chi connectivity index (χ1n) is 11.0. The number of ether oxygens (including phenoxy) is 1. The molecule has 0 radical (unpaired) electrons. The second-order valence-electron chi connectivity index (χ2n) is 8.77. The van der Waals surface area contributed by atoms with Gasteiger partial charge in [-0.3, -0.25) is 9.59 Å². The van der Waals surface area contributed by atoms with Crippen LogP contribution < -0.4 is 9.64 Å². The molecule has 1 saturated heterocycles. The summed E-state index contributed by atoms with van der Waals surface area (Å²) in [6.45, 7) is 8.06. The third-order valence-electron chi connectivity index (χ3n) is 6.23. The lowest BCUT2D eigenvalue weighted by Crippen LogP contribution is -2.42. The molecule has 2 amide bonds. The fraction of sp³-hybridized carbons (Fsp3) is 0.385. The number of nitrogens with zero attached hydrogens (tertiary/aromatic N) is 2. The lowest BCUT2D eigenvalue weighted by Gasteiger charge is -2.37. The number of hydrogen-bond acceptors (Lipinski definition) is 4. The summed E-state index contributed by atoms with van der Waals surface area (Å²) in [6.07, 6.45) is 2.04. The van der Waals surface area contributed by atoms with Crippen LogP contribution in [0.25, 0.3) is 5.57 Å². The van der Waals surface area contributed by atoms with Crippen molar-refractivity contribution in [2.24, 2.45) is 11.8 Å². The Labute approximate surface area is 184 Å². The highest BCUT2D eigenvalue weighted by Crippen LogP contribution is 2.37. The van der Waals surface area contributed by atoms with E-state index in [0.29, 0.717) is 28.8 Å². The predicted molar refractivity (Wildman–Crippen MR) is 123 cm³/mol. The molecule has 2 aromatic rings. The van der Waals surface area contributed by atoms with Crippen molar-refractivity contribution in [2.75, 3.05) is 25.1 Å². The molecular weight excluding hydrogens is 388 g/mol. The maximum absolute atomic E-state index is 13.7. The number of carbonyl (C=O) groups is 2. The van der Waals surface area contributed by atoms with Gasteiger partial charge in [-0.1, -0.05) is 45.0 Å². The van der Waals surface area contributed by atoms with E-state index < -0.39 is 0 Å². The molecule has 5 nitrogen and oxygen atoms in total. The molecule has 0 spiro atoms. The van der Waals surface area contributed by atoms with Crippen LogP contribution >= 0.6 is 0 Å². The van der Waals surface area contributed by atoms with Gasteiger partial charge in [0, 0.05) is 13.1 Å². The van der Waals surface area contributed by atoms with Gasteiger partial charge in [0.2, 0.25) is 0 Å². The zero-order valence-corrected chi connectivity index (χ0v) is 18.7. The minimum absolute atomic E-state index is 0.235. The van der Waals surface area contributed by atoms with Crippen LogP contribution in [0, 0.1) is 11.8 Å². The average Bonchev–Trinajstić information content (AvgIpc) is 3.03. The summed E-state index contributed by atoms with van der Waals surface area (Å²) in [5, 5.41) is 0. The van der Waals surface area contributed by atoms with Gasteiger partial charge in [-0.15, -0.1) is 0 Å². The topological polar surface area (TPSA) is 49.9 Å². The fourth-order valence-corrected chi connectivity index (χ4v) is 4.79. The van der Waals surface area contributed by atoms with Gasteiger partial charge in [0.05, 0.1) is 18.4 Å². The molecule has 2 aliphatic rings. The number of piperidine rings is 1. The Bertz CT molecular complexity index is 998. The van der Waals surface area contributed by atoms with Gasteiger partial charge in [0.1, 0.15) is 11.4 Å². The Morgan fingerprint density at radius 2 is 1.52 bits per heavy atom. The predicted octanol–water partition coefficient (Wildman–Crippen LogP) is 4.52. The second kappa shape index (κ2) is 8.58. The Kier molecular flexibility index (Phi) is 5.86. The molecule has 162 valence electrons. The highest BCUT2D eigenvalue weighted by atomic mass is 16.5. The summed E-state index contributed by atoms with van der Waals surface area (Å²) >= 11 is 0. The zero-order chi connectivity index (χ0) is 22.1. The van der Waals surface area contributed by atoms with E-state index >= 15 is 0 Å². The number of amides is 2. The molecule has 2 aromatic carbocycles. The Morgan fingerprint density at radius 3 is 2.06 bits per heavy atom. The van der Waals surface area contributed by atoms with Crippen molar-refractivity contribution < 1.29 is 14.3 Å². The van der Waals surface area contributed by atoms with E-state index in [1.807, 2.05) is 48.5 Å². The maximum atomic E-state index is 13.7. The fourth-order valence-electron chi connectivity index (χ4n) is 4.79. The second-order valence-corrected chi connectivity index (χ2v) is 8.77. The number of anilines is 1. The highest BCUT2D eigenvalue weighted by Gasteiger charge is 2.43. The van der Waals surface area contributed by atoms with Crippen LogP contribution in [-0.4, -0.2) is 36.9 Å². The Hall–Kier alpha value is -3.08. The summed E-state index contributed by atoms with van der Waals surface area (Å²) < 4.78 is 5.27. The van der Waals surface area contributed by atoms with Gasteiger partial charge < -0.3 is 9.64 Å². The number of hydrogen-bond donors (Lipinski definition) is 0. The number of carbonyl (C=O) groups excluding carboxylic acids is 2. The van der Waals surface area contributed by atoms with E-state index in [1.165, 1.54) is 10.5 Å². The molecule has 0 bridgehead atoms. The monoisotopic (exact) mass is 418 g/mol. The molecule has 2 aliphatic heterocycles. The summed E-state index contributed by atoms with van der Waals surface area (Å²) in [7, 11) is 1.61. The van der Waals surface area contributed by atoms with Crippen LogP contribution in [0.15, 0.2) is 54.2 Å². The SMILES string of the molecule is CCc1ccc(N2C(=O)C(c3ccc(OC)cc3)=C(N3CC(C)CC(C)C3)C2=O)cc1. The van der Waals surface area contributed by atoms with Crippen LogP contribution in [0.1, 0.15) is 38.3 Å². The lowest BCUT2D eigenvalue weighted by atomic mass is 9.91. The first-order valence-corrected chi connectivity index (χ1v) is 11.0. The standard InChI is InChI=1S/C26H30N2O3/c1-5-19-6-10-21(11-7-19)28-25(29)23(20-8-12-22(31-4)13-9-20)24(26(28)30)27-15-17(2)14-18(3)16-27/h6-13,17-18H,5,14-16H2,1-4H3. The van der Waals surface area contributed by atoms with Crippen molar-refractivity contribution in [1.82, 2.24) is 4.90 Å².